The van der Waals surface area contributed by atoms with Crippen LogP contribution in [0.4, 0.5) is 0 Å². The fourth-order valence-electron chi connectivity index (χ4n) is 33.2. The van der Waals surface area contributed by atoms with Crippen molar-refractivity contribution in [1.82, 2.24) is 0 Å². The molecule has 97 heavy (non-hydrogen) atoms. The molecule has 578 valence electrons. The molecule has 0 heteroatoms. The van der Waals surface area contributed by atoms with Crippen LogP contribution in [0.15, 0.2) is 0 Å². The molecule has 0 amide bonds. The highest BCUT2D eigenvalue weighted by atomic mass is 14.6. The van der Waals surface area contributed by atoms with Crippen LogP contribution >= 0.6 is 0 Å². The van der Waals surface area contributed by atoms with Crippen LogP contribution in [0, 0.1) is 136 Å². The quantitative estimate of drug-likeness (QED) is 0.227. The molecule has 0 aromatic carbocycles. The van der Waals surface area contributed by atoms with Crippen molar-refractivity contribution >= 4 is 0 Å². The fraction of sp³-hybridized carbons (Fsp3) is 1.00. The summed E-state index contributed by atoms with van der Waals surface area (Å²) in [4.78, 5) is 0. The highest BCUT2D eigenvalue weighted by molar-refractivity contribution is 5.10. The molecule has 5 fully saturated rings. The average molecular weight is 1360 g/mol. The number of rotatable bonds is 8. The van der Waals surface area contributed by atoms with Crippen LogP contribution in [0.3, 0.4) is 0 Å². The van der Waals surface area contributed by atoms with Crippen molar-refractivity contribution in [3.63, 3.8) is 0 Å². The van der Waals surface area contributed by atoms with Crippen LogP contribution in [0.5, 0.6) is 0 Å². The van der Waals surface area contributed by atoms with Gasteiger partial charge in [-0.25, -0.2) is 0 Å². The standard InChI is InChI=1S/C76H146.C16H32.C5H12/c1-57(2)34-76(55-74(32)41-63(17,18)39-62(15,16)40-67(25,49-74)35-58(3,4)5)47-66(23,24)46-73(31)52-70(28,38-61(12,13)14)50-69(27,37-60(9,10)11)51-72(30,53-73)44-65(21,22)43-71(29)48-68(26,36-59(6,7)8)42-64(19,20)45-75(33,54-71)56-76;1-13(2)9-14(3,4)11-16(7,8)12-15(5,6)10-13;1-5(2,3)4/h57H,34-56H2,1-33H3;9-12H2,1-8H3;1-4H3. The van der Waals surface area contributed by atoms with Gasteiger partial charge in [0, 0.05) is 0 Å². The van der Waals surface area contributed by atoms with Gasteiger partial charge < -0.3 is 0 Å². The van der Waals surface area contributed by atoms with Crippen molar-refractivity contribution in [2.75, 3.05) is 0 Å². The van der Waals surface area contributed by atoms with Gasteiger partial charge in [-0.1, -0.05) is 312 Å². The Balaban J connectivity index is 0.000000991. The summed E-state index contributed by atoms with van der Waals surface area (Å²) in [7, 11) is 0. The van der Waals surface area contributed by atoms with Gasteiger partial charge in [0.25, 0.3) is 0 Å². The van der Waals surface area contributed by atoms with Gasteiger partial charge in [-0.3, -0.25) is 0 Å². The monoisotopic (exact) mass is 1360 g/mol. The maximum Gasteiger partial charge on any atom is -0.0280 e. The Morgan fingerprint density at radius 3 is 0.649 bits per heavy atom. The maximum absolute atomic E-state index is 2.92. The summed E-state index contributed by atoms with van der Waals surface area (Å²) in [6, 6.07) is 0. The fourth-order valence-corrected chi connectivity index (χ4v) is 33.2. The number of hydrogen-bond acceptors (Lipinski definition) is 0. The second kappa shape index (κ2) is 28.6. The SMILES string of the molecule is CC(C)(C)C.CC(C)CC1(CC2(C)CC(C)(C)CC(C)(C)CC(C)(CC(C)(C)C)C2)CC(C)(C)CC2(C)CC(C)(CC(C)(C)C)CC(C)(CC(C)(C)C)CC(C)(CC(C)(C)CC3(C)CC(C)(CC(C)(C)C)CC(C)(C)CC(C)(C3)C1)C2.CC1(C)CC(C)(C)CC(C)(C)CC(C)(C)C1. The average Bonchev–Trinajstić information content (AvgIpc) is 0.744. The van der Waals surface area contributed by atoms with E-state index in [1.807, 2.05) is 0 Å². The minimum Gasteiger partial charge on any atom is -0.0628 e. The second-order valence-corrected chi connectivity index (χ2v) is 56.7. The summed E-state index contributed by atoms with van der Waals surface area (Å²) in [6.45, 7) is 117. The second-order valence-electron chi connectivity index (χ2n) is 56.7. The molecule has 0 radical (unpaired) electrons. The molecule has 0 nitrogen and oxygen atoms in total. The molecule has 0 spiro atoms. The zero-order valence-electron chi connectivity index (χ0n) is 76.7. The van der Waals surface area contributed by atoms with Crippen molar-refractivity contribution in [2.45, 2.75) is 485 Å². The van der Waals surface area contributed by atoms with E-state index in [9.17, 15) is 0 Å². The van der Waals surface area contributed by atoms with Crippen molar-refractivity contribution < 1.29 is 0 Å². The van der Waals surface area contributed by atoms with E-state index in [1.165, 1.54) is 173 Å². The predicted octanol–water partition coefficient (Wildman–Crippen LogP) is 33.7. The topological polar surface area (TPSA) is 0 Å². The largest absolute Gasteiger partial charge is 0.0628 e. The van der Waals surface area contributed by atoms with E-state index >= 15 is 0 Å². The number of hydrogen-bond donors (Lipinski definition) is 0. The van der Waals surface area contributed by atoms with Gasteiger partial charge >= 0.3 is 0 Å². The molecular formula is C97H190. The molecule has 5 rings (SSSR count). The molecule has 0 aliphatic heterocycles. The first-order chi connectivity index (χ1) is 41.8. The summed E-state index contributed by atoms with van der Waals surface area (Å²) < 4.78 is 0. The van der Waals surface area contributed by atoms with E-state index in [2.05, 4.69) is 312 Å². The van der Waals surface area contributed by atoms with Gasteiger partial charge in [0.05, 0.1) is 0 Å². The Morgan fingerprint density at radius 2 is 0.392 bits per heavy atom. The molecule has 5 saturated carbocycles. The molecule has 0 aromatic rings. The lowest BCUT2D eigenvalue weighted by molar-refractivity contribution is -0.101. The van der Waals surface area contributed by atoms with Gasteiger partial charge in [-0.2, -0.15) is 0 Å². The van der Waals surface area contributed by atoms with E-state index in [0.717, 1.165) is 0 Å². The van der Waals surface area contributed by atoms with Gasteiger partial charge in [-0.05, 0) is 309 Å². The molecule has 10 unspecified atom stereocenters. The van der Waals surface area contributed by atoms with Gasteiger partial charge in [0.15, 0.2) is 0 Å². The summed E-state index contributed by atoms with van der Waals surface area (Å²) in [5.41, 5.74) is 7.50. The first-order valence-corrected chi connectivity index (χ1v) is 41.8. The zero-order valence-corrected chi connectivity index (χ0v) is 76.7. The Bertz CT molecular complexity index is 2430. The van der Waals surface area contributed by atoms with E-state index in [-0.39, 0.29) is 65.0 Å². The molecule has 0 aromatic heterocycles. The minimum absolute atomic E-state index is 0.188. The van der Waals surface area contributed by atoms with Gasteiger partial charge in [0.2, 0.25) is 0 Å². The van der Waals surface area contributed by atoms with E-state index in [1.54, 1.807) is 0 Å². The van der Waals surface area contributed by atoms with Crippen LogP contribution in [0.1, 0.15) is 485 Å². The van der Waals surface area contributed by atoms with Gasteiger partial charge in [0.1, 0.15) is 0 Å². The maximum atomic E-state index is 2.92. The van der Waals surface area contributed by atoms with E-state index in [4.69, 9.17) is 0 Å². The van der Waals surface area contributed by atoms with Crippen molar-refractivity contribution in [1.29, 1.82) is 0 Å². The molecule has 5 aliphatic carbocycles. The molecule has 0 saturated heterocycles. The van der Waals surface area contributed by atoms with Crippen LogP contribution < -0.4 is 0 Å². The predicted molar refractivity (Wildman–Crippen MR) is 442 cm³/mol. The normalized spacial score (nSPS) is 38.8. The molecule has 0 N–H and O–H groups in total. The third-order valence-electron chi connectivity index (χ3n) is 24.2. The Labute approximate surface area is 617 Å². The summed E-state index contributed by atoms with van der Waals surface area (Å²) >= 11 is 0. The summed E-state index contributed by atoms with van der Waals surface area (Å²) in [6.07, 6.45) is 36.4. The summed E-state index contributed by atoms with van der Waals surface area (Å²) in [5, 5.41) is 0. The molecule has 5 aliphatic rings. The Kier molecular flexibility index (Phi) is 26.9. The Morgan fingerprint density at radius 1 is 0.206 bits per heavy atom. The third kappa shape index (κ3) is 32.7. The van der Waals surface area contributed by atoms with Gasteiger partial charge in [-0.15, -0.1) is 0 Å². The van der Waals surface area contributed by atoms with Crippen LogP contribution in [0.25, 0.3) is 0 Å². The number of fused-ring (bicyclic) bond motifs is 4. The molecule has 4 bridgehead atoms. The lowest BCUT2D eigenvalue weighted by Gasteiger charge is -2.61. The van der Waals surface area contributed by atoms with Crippen LogP contribution in [-0.4, -0.2) is 0 Å². The molecule has 0 heterocycles. The van der Waals surface area contributed by atoms with E-state index in [0.29, 0.717) is 70.9 Å². The van der Waals surface area contributed by atoms with Crippen LogP contribution in [0.2, 0.25) is 0 Å². The molecular weight excluding hydrogens is 1170 g/mol. The molecule has 10 atom stereocenters. The first-order valence-electron chi connectivity index (χ1n) is 41.8. The Hall–Kier alpha value is 0. The van der Waals surface area contributed by atoms with Crippen molar-refractivity contribution in [3.05, 3.63) is 0 Å². The third-order valence-corrected chi connectivity index (χ3v) is 24.2. The van der Waals surface area contributed by atoms with Crippen molar-refractivity contribution in [3.8, 4) is 0 Å². The highest BCUT2D eigenvalue weighted by Gasteiger charge is 2.59. The zero-order chi connectivity index (χ0) is 76.7. The summed E-state index contributed by atoms with van der Waals surface area (Å²) in [5.74, 6) is 0.654. The first kappa shape index (κ1) is 91.2. The lowest BCUT2D eigenvalue weighted by Crippen LogP contribution is -2.50. The minimum atomic E-state index is 0.188. The lowest BCUT2D eigenvalue weighted by atomic mass is 9.44. The highest BCUT2D eigenvalue weighted by Crippen LogP contribution is 2.70. The smallest absolute Gasteiger partial charge is 0.0280 e. The van der Waals surface area contributed by atoms with Crippen molar-refractivity contribution in [2.24, 2.45) is 136 Å². The van der Waals surface area contributed by atoms with Crippen LogP contribution in [-0.2, 0) is 0 Å². The van der Waals surface area contributed by atoms with E-state index < -0.39 is 0 Å².